The third kappa shape index (κ3) is 4.02. The van der Waals surface area contributed by atoms with Crippen molar-refractivity contribution in [3.05, 3.63) is 99.9 Å². The molecule has 0 fully saturated rings. The molecule has 0 bridgehead atoms. The maximum atomic E-state index is 13.4. The molecule has 158 valence electrons. The summed E-state index contributed by atoms with van der Waals surface area (Å²) >= 11 is 7.31. The Labute approximate surface area is 190 Å². The van der Waals surface area contributed by atoms with Gasteiger partial charge in [0.15, 0.2) is 5.16 Å². The van der Waals surface area contributed by atoms with Gasteiger partial charge in [-0.25, -0.2) is 9.37 Å². The fraction of sp³-hybridized carbons (Fsp3) is 0.0435. The Morgan fingerprint density at radius 1 is 1.00 bits per heavy atom. The van der Waals surface area contributed by atoms with Gasteiger partial charge < -0.3 is 4.52 Å². The number of hydrogen-bond donors (Lipinski definition) is 0. The quantitative estimate of drug-likeness (QED) is 0.252. The van der Waals surface area contributed by atoms with Crippen LogP contribution in [0.25, 0.3) is 28.0 Å². The monoisotopic (exact) mass is 464 g/mol. The van der Waals surface area contributed by atoms with Gasteiger partial charge in [0, 0.05) is 10.6 Å². The second kappa shape index (κ2) is 8.57. The maximum absolute atomic E-state index is 13.4. The van der Waals surface area contributed by atoms with E-state index >= 15 is 0 Å². The number of aromatic nitrogens is 4. The zero-order valence-corrected chi connectivity index (χ0v) is 18.0. The minimum absolute atomic E-state index is 0.241. The van der Waals surface area contributed by atoms with Gasteiger partial charge >= 0.3 is 0 Å². The van der Waals surface area contributed by atoms with Crippen molar-refractivity contribution in [2.24, 2.45) is 0 Å². The van der Waals surface area contributed by atoms with Gasteiger partial charge in [-0.1, -0.05) is 52.8 Å². The fourth-order valence-corrected chi connectivity index (χ4v) is 4.25. The smallest absolute Gasteiger partial charge is 0.266 e. The first-order valence-electron chi connectivity index (χ1n) is 9.57. The Morgan fingerprint density at radius 2 is 1.81 bits per heavy atom. The van der Waals surface area contributed by atoms with E-state index in [1.807, 2.05) is 18.2 Å². The van der Waals surface area contributed by atoms with E-state index in [4.69, 9.17) is 16.1 Å². The van der Waals surface area contributed by atoms with Crippen molar-refractivity contribution < 1.29 is 8.91 Å². The van der Waals surface area contributed by atoms with Gasteiger partial charge in [0.2, 0.25) is 11.7 Å². The van der Waals surface area contributed by atoms with E-state index in [0.29, 0.717) is 44.2 Å². The van der Waals surface area contributed by atoms with E-state index in [9.17, 15) is 9.18 Å². The second-order valence-corrected chi connectivity index (χ2v) is 8.22. The normalized spacial score (nSPS) is 11.2. The number of thioether (sulfide) groups is 1. The summed E-state index contributed by atoms with van der Waals surface area (Å²) < 4.78 is 20.3. The van der Waals surface area contributed by atoms with E-state index in [1.54, 1.807) is 42.5 Å². The molecule has 6 nitrogen and oxygen atoms in total. The van der Waals surface area contributed by atoms with E-state index in [2.05, 4.69) is 15.1 Å². The van der Waals surface area contributed by atoms with Crippen molar-refractivity contribution >= 4 is 34.3 Å². The van der Waals surface area contributed by atoms with Crippen LogP contribution in [0.15, 0.2) is 87.3 Å². The molecule has 0 unspecified atom stereocenters. The topological polar surface area (TPSA) is 73.8 Å². The lowest BCUT2D eigenvalue weighted by molar-refractivity contribution is 0.391. The summed E-state index contributed by atoms with van der Waals surface area (Å²) in [5.74, 6) is 0.701. The lowest BCUT2D eigenvalue weighted by Crippen LogP contribution is -2.21. The van der Waals surface area contributed by atoms with Crippen molar-refractivity contribution in [3.8, 4) is 17.1 Å². The molecule has 0 saturated heterocycles. The van der Waals surface area contributed by atoms with Crippen molar-refractivity contribution in [2.75, 3.05) is 0 Å². The van der Waals surface area contributed by atoms with Crippen LogP contribution in [0.2, 0.25) is 5.02 Å². The molecular weight excluding hydrogens is 451 g/mol. The summed E-state index contributed by atoms with van der Waals surface area (Å²) in [5, 5.41) is 5.49. The third-order valence-electron chi connectivity index (χ3n) is 4.71. The Balaban J connectivity index is 1.51. The molecule has 5 rings (SSSR count). The van der Waals surface area contributed by atoms with Crippen LogP contribution in [0.1, 0.15) is 5.89 Å². The van der Waals surface area contributed by atoms with Gasteiger partial charge in [-0.2, -0.15) is 4.98 Å². The van der Waals surface area contributed by atoms with Crippen LogP contribution in [0.3, 0.4) is 0 Å². The van der Waals surface area contributed by atoms with Gasteiger partial charge in [0.25, 0.3) is 5.56 Å². The van der Waals surface area contributed by atoms with Crippen molar-refractivity contribution in [3.63, 3.8) is 0 Å². The molecule has 5 aromatic rings. The van der Waals surface area contributed by atoms with E-state index < -0.39 is 0 Å². The van der Waals surface area contributed by atoms with Gasteiger partial charge in [-0.05, 0) is 48.5 Å². The zero-order chi connectivity index (χ0) is 22.1. The van der Waals surface area contributed by atoms with Crippen LogP contribution in [-0.2, 0) is 5.75 Å². The number of nitrogens with zero attached hydrogens (tertiary/aromatic N) is 4. The minimum atomic E-state index is -0.385. The summed E-state index contributed by atoms with van der Waals surface area (Å²) in [6, 6.07) is 20.0. The summed E-state index contributed by atoms with van der Waals surface area (Å²) in [4.78, 5) is 22.3. The molecule has 32 heavy (non-hydrogen) atoms. The number of benzene rings is 3. The zero-order valence-electron chi connectivity index (χ0n) is 16.4. The predicted octanol–water partition coefficient (Wildman–Crippen LogP) is 5.52. The number of para-hydroxylation sites is 1. The van der Waals surface area contributed by atoms with Crippen LogP contribution in [-0.4, -0.2) is 19.7 Å². The first-order chi connectivity index (χ1) is 15.6. The van der Waals surface area contributed by atoms with Gasteiger partial charge in [0.1, 0.15) is 5.82 Å². The molecule has 2 aromatic heterocycles. The molecule has 0 spiro atoms. The summed E-state index contributed by atoms with van der Waals surface area (Å²) in [7, 11) is 0. The Hall–Kier alpha value is -3.49. The highest BCUT2D eigenvalue weighted by molar-refractivity contribution is 7.98. The summed E-state index contributed by atoms with van der Waals surface area (Å²) in [5.41, 5.74) is 1.59. The molecule has 0 radical (unpaired) electrons. The summed E-state index contributed by atoms with van der Waals surface area (Å²) in [6.07, 6.45) is 0. The largest absolute Gasteiger partial charge is 0.338 e. The maximum Gasteiger partial charge on any atom is 0.266 e. The van der Waals surface area contributed by atoms with Gasteiger partial charge in [0.05, 0.1) is 22.3 Å². The fourth-order valence-electron chi connectivity index (χ4n) is 3.21. The van der Waals surface area contributed by atoms with Crippen molar-refractivity contribution in [1.29, 1.82) is 0 Å². The molecule has 0 saturated carbocycles. The lowest BCUT2D eigenvalue weighted by Gasteiger charge is -2.12. The minimum Gasteiger partial charge on any atom is -0.338 e. The van der Waals surface area contributed by atoms with Crippen LogP contribution >= 0.6 is 23.4 Å². The molecule has 0 aliphatic heterocycles. The number of fused-ring (bicyclic) bond motifs is 1. The number of halogens is 2. The average molecular weight is 465 g/mol. The Morgan fingerprint density at radius 3 is 2.62 bits per heavy atom. The standard InChI is InChI=1S/C23H14ClFN4O2S/c24-15-5-3-4-14(12-15)21-27-20(31-28-21)13-32-23-26-19-7-2-1-6-18(19)22(30)29(23)17-10-8-16(25)9-11-17/h1-12H,13H2. The molecule has 0 atom stereocenters. The molecule has 0 aliphatic rings. The Kier molecular flexibility index (Phi) is 5.46. The van der Waals surface area contributed by atoms with Gasteiger partial charge in [-0.15, -0.1) is 0 Å². The molecule has 0 aliphatic carbocycles. The predicted molar refractivity (Wildman–Crippen MR) is 122 cm³/mol. The van der Waals surface area contributed by atoms with E-state index in [0.717, 1.165) is 5.56 Å². The van der Waals surface area contributed by atoms with Gasteiger partial charge in [-0.3, -0.25) is 9.36 Å². The molecule has 3 aromatic carbocycles. The van der Waals surface area contributed by atoms with Crippen LogP contribution in [0, 0.1) is 5.82 Å². The highest BCUT2D eigenvalue weighted by Gasteiger charge is 2.16. The van der Waals surface area contributed by atoms with E-state index in [1.165, 1.54) is 28.5 Å². The molecule has 0 N–H and O–H groups in total. The van der Waals surface area contributed by atoms with Crippen molar-refractivity contribution in [2.45, 2.75) is 10.9 Å². The van der Waals surface area contributed by atoms with Crippen molar-refractivity contribution in [1.82, 2.24) is 19.7 Å². The second-order valence-electron chi connectivity index (χ2n) is 6.84. The highest BCUT2D eigenvalue weighted by Crippen LogP contribution is 2.26. The van der Waals surface area contributed by atoms with Crippen LogP contribution in [0.5, 0.6) is 0 Å². The molecular formula is C23H14ClFN4O2S. The Bertz CT molecular complexity index is 1480. The summed E-state index contributed by atoms with van der Waals surface area (Å²) in [6.45, 7) is 0. The van der Waals surface area contributed by atoms with Crippen LogP contribution < -0.4 is 5.56 Å². The first-order valence-corrected chi connectivity index (χ1v) is 10.9. The third-order valence-corrected chi connectivity index (χ3v) is 5.86. The van der Waals surface area contributed by atoms with Crippen LogP contribution in [0.4, 0.5) is 4.39 Å². The number of hydrogen-bond acceptors (Lipinski definition) is 6. The lowest BCUT2D eigenvalue weighted by atomic mass is 10.2. The van der Waals surface area contributed by atoms with E-state index in [-0.39, 0.29) is 11.4 Å². The molecule has 0 amide bonds. The molecule has 9 heteroatoms. The average Bonchev–Trinajstić information content (AvgIpc) is 3.28. The highest BCUT2D eigenvalue weighted by atomic mass is 35.5. The SMILES string of the molecule is O=c1c2ccccc2nc(SCc2nc(-c3cccc(Cl)c3)no2)n1-c1ccc(F)cc1. The molecule has 2 heterocycles. The number of rotatable bonds is 5. The first kappa shape index (κ1) is 20.4.